The molecule has 0 saturated carbocycles. The first-order valence-corrected chi connectivity index (χ1v) is 8.80. The Kier molecular flexibility index (Phi) is 4.59. The third-order valence-corrected chi connectivity index (χ3v) is 4.61. The number of para-hydroxylation sites is 1. The Morgan fingerprint density at radius 1 is 1.12 bits per heavy atom. The van der Waals surface area contributed by atoms with Crippen molar-refractivity contribution in [2.24, 2.45) is 0 Å². The first-order valence-electron chi connectivity index (χ1n) is 8.80. The second-order valence-electron chi connectivity index (χ2n) is 6.61. The van der Waals surface area contributed by atoms with E-state index < -0.39 is 0 Å². The van der Waals surface area contributed by atoms with Crippen LogP contribution in [-0.2, 0) is 6.54 Å². The molecule has 5 nitrogen and oxygen atoms in total. The first-order chi connectivity index (χ1) is 12.3. The van der Waals surface area contributed by atoms with Crippen LogP contribution >= 0.6 is 0 Å². The van der Waals surface area contributed by atoms with Crippen LogP contribution in [-0.4, -0.2) is 45.3 Å². The minimum absolute atomic E-state index is 0.530. The maximum Gasteiger partial charge on any atom is 0.0973 e. The molecular formula is C20H23N5. The molecule has 1 N–H and O–H groups in total. The van der Waals surface area contributed by atoms with Crippen LogP contribution < -0.4 is 5.32 Å². The standard InChI is InChI=1S/C20H23N5/c1-16-13-24(12-11-22-16)14-18-15-25(19-5-3-2-4-6-19)23-20(18)17-7-9-21-10-8-17/h2-10,15-16,22H,11-14H2,1H3. The number of benzene rings is 1. The van der Waals surface area contributed by atoms with Crippen molar-refractivity contribution in [3.8, 4) is 16.9 Å². The SMILES string of the molecule is CC1CN(Cc2cn(-c3ccccc3)nc2-c2ccncc2)CCN1. The van der Waals surface area contributed by atoms with Crippen molar-refractivity contribution in [1.82, 2.24) is 25.0 Å². The van der Waals surface area contributed by atoms with Gasteiger partial charge >= 0.3 is 0 Å². The van der Waals surface area contributed by atoms with Gasteiger partial charge in [0.25, 0.3) is 0 Å². The Morgan fingerprint density at radius 3 is 2.68 bits per heavy atom. The van der Waals surface area contributed by atoms with Crippen LogP contribution in [0.25, 0.3) is 16.9 Å². The predicted octanol–water partition coefficient (Wildman–Crippen LogP) is 2.73. The average molecular weight is 333 g/mol. The number of aromatic nitrogens is 3. The number of piperazine rings is 1. The van der Waals surface area contributed by atoms with E-state index in [1.165, 1.54) is 5.56 Å². The van der Waals surface area contributed by atoms with Gasteiger partial charge in [0.2, 0.25) is 0 Å². The topological polar surface area (TPSA) is 46.0 Å². The Morgan fingerprint density at radius 2 is 1.92 bits per heavy atom. The molecule has 0 radical (unpaired) electrons. The lowest BCUT2D eigenvalue weighted by atomic mass is 10.1. The molecule has 0 spiro atoms. The van der Waals surface area contributed by atoms with Crippen molar-refractivity contribution in [2.75, 3.05) is 19.6 Å². The summed E-state index contributed by atoms with van der Waals surface area (Å²) in [5.41, 5.74) is 4.49. The third-order valence-electron chi connectivity index (χ3n) is 4.61. The van der Waals surface area contributed by atoms with Crippen LogP contribution in [0.5, 0.6) is 0 Å². The Bertz CT molecular complexity index is 813. The van der Waals surface area contributed by atoms with Crippen molar-refractivity contribution in [3.63, 3.8) is 0 Å². The summed E-state index contributed by atoms with van der Waals surface area (Å²) in [7, 11) is 0. The van der Waals surface area contributed by atoms with Crippen LogP contribution in [0, 0.1) is 0 Å². The van der Waals surface area contributed by atoms with E-state index in [9.17, 15) is 0 Å². The van der Waals surface area contributed by atoms with Gasteiger partial charge in [-0.05, 0) is 31.2 Å². The fourth-order valence-corrected chi connectivity index (χ4v) is 3.39. The molecule has 4 rings (SSSR count). The van der Waals surface area contributed by atoms with Gasteiger partial charge in [-0.15, -0.1) is 0 Å². The van der Waals surface area contributed by atoms with Gasteiger partial charge in [-0.1, -0.05) is 18.2 Å². The molecule has 25 heavy (non-hydrogen) atoms. The van der Waals surface area contributed by atoms with Gasteiger partial charge in [0.15, 0.2) is 0 Å². The van der Waals surface area contributed by atoms with E-state index in [1.54, 1.807) is 0 Å². The maximum atomic E-state index is 4.88. The van der Waals surface area contributed by atoms with E-state index in [0.717, 1.165) is 43.1 Å². The monoisotopic (exact) mass is 333 g/mol. The van der Waals surface area contributed by atoms with Crippen LogP contribution in [0.2, 0.25) is 0 Å². The molecule has 2 aromatic heterocycles. The normalized spacial score (nSPS) is 18.4. The molecule has 1 saturated heterocycles. The van der Waals surface area contributed by atoms with Crippen LogP contribution in [0.15, 0.2) is 61.1 Å². The third kappa shape index (κ3) is 3.62. The summed E-state index contributed by atoms with van der Waals surface area (Å²) in [6.45, 7) is 6.32. The number of nitrogens with zero attached hydrogens (tertiary/aromatic N) is 4. The summed E-state index contributed by atoms with van der Waals surface area (Å²) in [5, 5.41) is 8.39. The Hall–Kier alpha value is -2.50. The van der Waals surface area contributed by atoms with Crippen LogP contribution in [0.4, 0.5) is 0 Å². The highest BCUT2D eigenvalue weighted by atomic mass is 15.3. The summed E-state index contributed by atoms with van der Waals surface area (Å²) < 4.78 is 1.98. The zero-order valence-electron chi connectivity index (χ0n) is 14.5. The molecule has 3 heterocycles. The lowest BCUT2D eigenvalue weighted by molar-refractivity contribution is 0.200. The maximum absolute atomic E-state index is 4.88. The smallest absolute Gasteiger partial charge is 0.0973 e. The summed E-state index contributed by atoms with van der Waals surface area (Å²) in [6, 6.07) is 14.9. The minimum atomic E-state index is 0.530. The minimum Gasteiger partial charge on any atom is -0.312 e. The van der Waals surface area contributed by atoms with Gasteiger partial charge in [-0.3, -0.25) is 9.88 Å². The lowest BCUT2D eigenvalue weighted by Gasteiger charge is -2.31. The second kappa shape index (κ2) is 7.17. The van der Waals surface area contributed by atoms with Crippen LogP contribution in [0.3, 0.4) is 0 Å². The highest BCUT2D eigenvalue weighted by molar-refractivity contribution is 5.62. The number of hydrogen-bond acceptors (Lipinski definition) is 4. The molecule has 0 aliphatic carbocycles. The zero-order valence-corrected chi connectivity index (χ0v) is 14.5. The molecule has 0 amide bonds. The van der Waals surface area contributed by atoms with E-state index in [1.807, 2.05) is 47.4 Å². The molecule has 1 fully saturated rings. The molecule has 1 unspecified atom stereocenters. The van der Waals surface area contributed by atoms with Gasteiger partial charge < -0.3 is 5.32 Å². The van der Waals surface area contributed by atoms with Gasteiger partial charge in [0.1, 0.15) is 0 Å². The molecule has 1 atom stereocenters. The molecule has 1 aliphatic rings. The lowest BCUT2D eigenvalue weighted by Crippen LogP contribution is -2.48. The highest BCUT2D eigenvalue weighted by Gasteiger charge is 2.19. The summed E-state index contributed by atoms with van der Waals surface area (Å²) >= 11 is 0. The number of pyridine rings is 1. The first kappa shape index (κ1) is 16.0. The van der Waals surface area contributed by atoms with Gasteiger partial charge in [0, 0.05) is 61.9 Å². The summed E-state index contributed by atoms with van der Waals surface area (Å²) in [6.07, 6.45) is 5.82. The van der Waals surface area contributed by atoms with E-state index in [-0.39, 0.29) is 0 Å². The largest absolute Gasteiger partial charge is 0.312 e. The molecule has 1 aromatic carbocycles. The summed E-state index contributed by atoms with van der Waals surface area (Å²) in [5.74, 6) is 0. The summed E-state index contributed by atoms with van der Waals surface area (Å²) in [4.78, 5) is 6.64. The molecular weight excluding hydrogens is 310 g/mol. The van der Waals surface area contributed by atoms with Crippen molar-refractivity contribution < 1.29 is 0 Å². The number of rotatable bonds is 4. The van der Waals surface area contributed by atoms with Crippen LogP contribution in [0.1, 0.15) is 12.5 Å². The number of hydrogen-bond donors (Lipinski definition) is 1. The van der Waals surface area contributed by atoms with E-state index >= 15 is 0 Å². The molecule has 3 aromatic rings. The van der Waals surface area contributed by atoms with Gasteiger partial charge in [-0.25, -0.2) is 4.68 Å². The molecule has 0 bridgehead atoms. The fraction of sp³-hybridized carbons (Fsp3) is 0.300. The average Bonchev–Trinajstić information content (AvgIpc) is 3.07. The van der Waals surface area contributed by atoms with Crippen molar-refractivity contribution in [3.05, 3.63) is 66.6 Å². The quantitative estimate of drug-likeness (QED) is 0.797. The van der Waals surface area contributed by atoms with E-state index in [2.05, 4.69) is 40.5 Å². The number of nitrogens with one attached hydrogen (secondary N) is 1. The molecule has 5 heteroatoms. The molecule has 1 aliphatic heterocycles. The van der Waals surface area contributed by atoms with Crippen molar-refractivity contribution in [1.29, 1.82) is 0 Å². The predicted molar refractivity (Wildman–Crippen MR) is 99.5 cm³/mol. The van der Waals surface area contributed by atoms with Gasteiger partial charge in [0.05, 0.1) is 11.4 Å². The van der Waals surface area contributed by atoms with Gasteiger partial charge in [-0.2, -0.15) is 5.10 Å². The molecule has 128 valence electrons. The second-order valence-corrected chi connectivity index (χ2v) is 6.61. The van der Waals surface area contributed by atoms with Crippen molar-refractivity contribution >= 4 is 0 Å². The fourth-order valence-electron chi connectivity index (χ4n) is 3.39. The van der Waals surface area contributed by atoms with E-state index in [0.29, 0.717) is 6.04 Å². The Labute approximate surface area is 148 Å². The van der Waals surface area contributed by atoms with Crippen molar-refractivity contribution in [2.45, 2.75) is 19.5 Å². The highest BCUT2D eigenvalue weighted by Crippen LogP contribution is 2.24. The van der Waals surface area contributed by atoms with E-state index in [4.69, 9.17) is 5.10 Å². The zero-order chi connectivity index (χ0) is 17.1. The Balaban J connectivity index is 1.69.